The summed E-state index contributed by atoms with van der Waals surface area (Å²) >= 11 is 0. The van der Waals surface area contributed by atoms with E-state index in [-0.39, 0.29) is 14.7 Å². The zero-order valence-corrected chi connectivity index (χ0v) is 25.8. The summed E-state index contributed by atoms with van der Waals surface area (Å²) in [6.45, 7) is 5.39. The number of hydrogen-bond acceptors (Lipinski definition) is 6. The Morgan fingerprint density at radius 2 is 1.07 bits per heavy atom. The molecule has 0 aliphatic rings. The average Bonchev–Trinajstić information content (AvgIpc) is 2.99. The maximum absolute atomic E-state index is 15.8. The molecule has 0 aliphatic heterocycles. The lowest BCUT2D eigenvalue weighted by atomic mass is 10.2. The lowest BCUT2D eigenvalue weighted by Crippen LogP contribution is -2.52. The van der Waals surface area contributed by atoms with E-state index in [9.17, 15) is 26.4 Å². The Kier molecular flexibility index (Phi) is 9.67. The van der Waals surface area contributed by atoms with Gasteiger partial charge >= 0.3 is 27.5 Å². The monoisotopic (exact) mass is 668 g/mol. The van der Waals surface area contributed by atoms with Crippen LogP contribution in [0.2, 0.25) is 0 Å². The number of esters is 1. The summed E-state index contributed by atoms with van der Waals surface area (Å²) in [5.74, 6) is -1.44. The van der Waals surface area contributed by atoms with Crippen molar-refractivity contribution in [1.82, 2.24) is 0 Å². The van der Waals surface area contributed by atoms with E-state index in [1.807, 2.05) is 0 Å². The molecule has 0 aromatic heterocycles. The molecule has 0 amide bonds. The Hall–Kier alpha value is -3.94. The largest absolute Gasteiger partial charge is 0.488 e. The number of rotatable bonds is 10. The fraction of sp³-hybridized carbons (Fsp3) is 0.219. The summed E-state index contributed by atoms with van der Waals surface area (Å²) in [4.78, 5) is 12.7. The number of alkyl halides is 5. The number of carbonyl (C=O) groups excluding carboxylic acids is 1. The van der Waals surface area contributed by atoms with Crippen molar-refractivity contribution in [3.8, 4) is 5.75 Å². The van der Waals surface area contributed by atoms with Crippen molar-refractivity contribution in [1.29, 1.82) is 0 Å². The van der Waals surface area contributed by atoms with Gasteiger partial charge < -0.3 is 9.47 Å². The van der Waals surface area contributed by atoms with Crippen LogP contribution >= 0.6 is 10.3 Å². The maximum atomic E-state index is 15.8. The third-order valence-corrected chi connectivity index (χ3v) is 11.3. The van der Waals surface area contributed by atoms with E-state index >= 15 is 8.78 Å². The summed E-state index contributed by atoms with van der Waals surface area (Å²) in [5.41, 5.74) is -1.11. The van der Waals surface area contributed by atoms with Gasteiger partial charge in [-0.25, -0.2) is 8.42 Å². The van der Waals surface area contributed by atoms with E-state index in [1.165, 1.54) is 91.0 Å². The highest BCUT2D eigenvalue weighted by Gasteiger charge is 2.68. The molecule has 6 nitrogen and oxygen atoms in total. The van der Waals surface area contributed by atoms with Crippen LogP contribution in [0.5, 0.6) is 5.75 Å². The van der Waals surface area contributed by atoms with Gasteiger partial charge in [-0.05, 0) is 91.7 Å². The SMILES string of the molecule is CC(C)(C)Oc1ccc(S(OS(=O)(=O)C(F)(F)C(OC(=O)c2ccccc2)C(F)(F)F)(c2ccccc2)c2ccccc2)cc1. The molecular formula is C32H29F5O6S2. The third-order valence-electron chi connectivity index (χ3n) is 6.09. The molecule has 0 N–H and O–H groups in total. The lowest BCUT2D eigenvalue weighted by Gasteiger charge is -2.41. The molecular weight excluding hydrogens is 639 g/mol. The predicted octanol–water partition coefficient (Wildman–Crippen LogP) is 8.79. The first kappa shape index (κ1) is 33.9. The second kappa shape index (κ2) is 12.8. The fourth-order valence-electron chi connectivity index (χ4n) is 4.19. The molecule has 0 aliphatic carbocycles. The molecule has 4 rings (SSSR count). The van der Waals surface area contributed by atoms with Crippen LogP contribution in [0, 0.1) is 0 Å². The van der Waals surface area contributed by atoms with Crippen LogP contribution in [-0.2, 0) is 18.5 Å². The van der Waals surface area contributed by atoms with Crippen molar-refractivity contribution < 1.29 is 48.3 Å². The van der Waals surface area contributed by atoms with E-state index in [0.29, 0.717) is 5.75 Å². The zero-order chi connectivity index (χ0) is 33.1. The van der Waals surface area contributed by atoms with Crippen molar-refractivity contribution in [3.63, 3.8) is 0 Å². The number of benzene rings is 4. The van der Waals surface area contributed by atoms with Crippen LogP contribution in [0.4, 0.5) is 22.0 Å². The van der Waals surface area contributed by atoms with Gasteiger partial charge in [0.05, 0.1) is 5.56 Å². The molecule has 0 radical (unpaired) electrons. The molecule has 0 saturated heterocycles. The Morgan fingerprint density at radius 1 is 0.644 bits per heavy atom. The van der Waals surface area contributed by atoms with Crippen LogP contribution in [0.1, 0.15) is 31.1 Å². The van der Waals surface area contributed by atoms with Crippen LogP contribution in [0.25, 0.3) is 0 Å². The minimum absolute atomic E-state index is 0.0605. The summed E-state index contributed by atoms with van der Waals surface area (Å²) in [7, 11) is -10.3. The topological polar surface area (TPSA) is 78.9 Å². The van der Waals surface area contributed by atoms with Gasteiger partial charge in [-0.15, -0.1) is 0 Å². The fourth-order valence-corrected chi connectivity index (χ4v) is 9.43. The van der Waals surface area contributed by atoms with E-state index < -0.39 is 55.1 Å². The Labute approximate surface area is 259 Å². The van der Waals surface area contributed by atoms with Gasteiger partial charge in [-0.2, -0.15) is 30.4 Å². The van der Waals surface area contributed by atoms with Crippen LogP contribution < -0.4 is 4.74 Å². The molecule has 0 heterocycles. The molecule has 0 saturated carbocycles. The Balaban J connectivity index is 1.89. The first-order chi connectivity index (χ1) is 21.0. The first-order valence-electron chi connectivity index (χ1n) is 13.4. The number of ether oxygens (including phenoxy) is 2. The molecule has 45 heavy (non-hydrogen) atoms. The minimum atomic E-state index is -6.54. The summed E-state index contributed by atoms with van der Waals surface area (Å²) < 4.78 is 117. The van der Waals surface area contributed by atoms with Crippen molar-refractivity contribution in [2.24, 2.45) is 0 Å². The molecule has 0 spiro atoms. The summed E-state index contributed by atoms with van der Waals surface area (Å²) in [5, 5.41) is -5.78. The molecule has 240 valence electrons. The highest BCUT2D eigenvalue weighted by molar-refractivity contribution is 8.33. The van der Waals surface area contributed by atoms with E-state index in [0.717, 1.165) is 12.1 Å². The second-order valence-corrected chi connectivity index (χ2v) is 15.2. The standard InChI is InChI=1S/C32H29F5O6S2/c1-30(2,3)42-24-19-21-27(22-20-24)44(25-15-9-5-10-16-25,26-17-11-6-12-18-26)43-45(39,40)32(36,37)29(31(33,34)35)41-28(38)23-13-7-4-8-14-23/h4-22,29H,1-3H3. The van der Waals surface area contributed by atoms with Crippen LogP contribution in [-0.4, -0.2) is 37.5 Å². The molecule has 1 atom stereocenters. The van der Waals surface area contributed by atoms with Gasteiger partial charge in [-0.1, -0.05) is 54.6 Å². The highest BCUT2D eigenvalue weighted by Crippen LogP contribution is 2.71. The van der Waals surface area contributed by atoms with Gasteiger partial charge in [-0.3, -0.25) is 0 Å². The summed E-state index contributed by atoms with van der Waals surface area (Å²) in [6.07, 6.45) is -10.4. The lowest BCUT2D eigenvalue weighted by molar-refractivity contribution is -0.247. The molecule has 0 bridgehead atoms. The normalized spacial score (nSPS) is 14.0. The van der Waals surface area contributed by atoms with E-state index in [1.54, 1.807) is 32.9 Å². The van der Waals surface area contributed by atoms with Crippen LogP contribution in [0.3, 0.4) is 0 Å². The number of hydrogen-bond donors (Lipinski definition) is 0. The van der Waals surface area contributed by atoms with Crippen molar-refractivity contribution >= 4 is 26.4 Å². The van der Waals surface area contributed by atoms with Crippen molar-refractivity contribution in [2.75, 3.05) is 0 Å². The van der Waals surface area contributed by atoms with Gasteiger partial charge in [0.2, 0.25) is 0 Å². The first-order valence-corrected chi connectivity index (χ1v) is 16.3. The summed E-state index contributed by atoms with van der Waals surface area (Å²) in [6, 6.07) is 26.7. The average molecular weight is 669 g/mol. The molecule has 4 aromatic carbocycles. The molecule has 13 heteroatoms. The van der Waals surface area contributed by atoms with Gasteiger partial charge in [0, 0.05) is 14.7 Å². The third kappa shape index (κ3) is 7.48. The van der Waals surface area contributed by atoms with E-state index in [4.69, 9.17) is 8.37 Å². The molecule has 4 aromatic rings. The van der Waals surface area contributed by atoms with Gasteiger partial charge in [0.25, 0.3) is 6.10 Å². The Bertz CT molecular complexity index is 1650. The maximum Gasteiger partial charge on any atom is 0.432 e. The molecule has 1 unspecified atom stereocenters. The van der Waals surface area contributed by atoms with Gasteiger partial charge in [0.15, 0.2) is 0 Å². The zero-order valence-electron chi connectivity index (χ0n) is 24.2. The number of halogens is 5. The highest BCUT2D eigenvalue weighted by atomic mass is 32.3. The minimum Gasteiger partial charge on any atom is -0.488 e. The van der Waals surface area contributed by atoms with E-state index in [2.05, 4.69) is 4.74 Å². The van der Waals surface area contributed by atoms with Gasteiger partial charge in [0.1, 0.15) is 11.4 Å². The smallest absolute Gasteiger partial charge is 0.432 e. The Morgan fingerprint density at radius 3 is 1.49 bits per heavy atom. The van der Waals surface area contributed by atoms with Crippen molar-refractivity contribution in [3.05, 3.63) is 121 Å². The van der Waals surface area contributed by atoms with Crippen LogP contribution in [0.15, 0.2) is 130 Å². The number of carbonyl (C=O) groups is 1. The predicted molar refractivity (Wildman–Crippen MR) is 159 cm³/mol. The second-order valence-electron chi connectivity index (χ2n) is 10.6. The van der Waals surface area contributed by atoms with Crippen molar-refractivity contribution in [2.45, 2.75) is 58.6 Å². The quantitative estimate of drug-likeness (QED) is 0.124. The molecule has 0 fully saturated rings.